The highest BCUT2D eigenvalue weighted by Gasteiger charge is 2.18. The van der Waals surface area contributed by atoms with Crippen LogP contribution in [-0.4, -0.2) is 41.2 Å². The Bertz CT molecular complexity index is 1700. The van der Waals surface area contributed by atoms with Crippen LogP contribution in [0.4, 0.5) is 0 Å². The van der Waals surface area contributed by atoms with Gasteiger partial charge >= 0.3 is 0 Å². The van der Waals surface area contributed by atoms with E-state index in [1.807, 2.05) is 36.5 Å². The normalized spacial score (nSPS) is 14.4. The molecule has 5 aromatic heterocycles. The molecule has 6 aromatic rings. The van der Waals surface area contributed by atoms with Gasteiger partial charge in [0.15, 0.2) is 11.5 Å². The molecule has 8 nitrogen and oxygen atoms in total. The van der Waals surface area contributed by atoms with Gasteiger partial charge in [0.05, 0.1) is 23.5 Å². The summed E-state index contributed by atoms with van der Waals surface area (Å²) in [6.45, 7) is 0. The van der Waals surface area contributed by atoms with E-state index in [2.05, 4.69) is 48.3 Å². The molecule has 0 radical (unpaired) electrons. The lowest BCUT2D eigenvalue weighted by molar-refractivity contribution is 0.154. The first-order chi connectivity index (χ1) is 18.3. The van der Waals surface area contributed by atoms with Crippen LogP contribution < -0.4 is 4.74 Å². The van der Waals surface area contributed by atoms with E-state index >= 15 is 0 Å². The van der Waals surface area contributed by atoms with Crippen molar-refractivity contribution < 1.29 is 4.74 Å². The summed E-state index contributed by atoms with van der Waals surface area (Å²) in [5, 5.41) is 8.70. The van der Waals surface area contributed by atoms with E-state index in [1.165, 1.54) is 19.3 Å². The minimum atomic E-state index is 0.284. The molecule has 7 rings (SSSR count). The number of pyridine rings is 3. The molecular formula is C29H25N7O. The maximum Gasteiger partial charge on any atom is 0.160 e. The number of rotatable bonds is 5. The summed E-state index contributed by atoms with van der Waals surface area (Å²) >= 11 is 0. The number of H-pyrrole nitrogens is 2. The lowest BCUT2D eigenvalue weighted by Crippen LogP contribution is -2.19. The van der Waals surface area contributed by atoms with Crippen molar-refractivity contribution in [2.45, 2.75) is 38.2 Å². The average molecular weight is 488 g/mol. The molecule has 0 spiro atoms. The molecule has 5 heterocycles. The summed E-state index contributed by atoms with van der Waals surface area (Å²) < 4.78 is 6.26. The largest absolute Gasteiger partial charge is 0.489 e. The second-order valence-corrected chi connectivity index (χ2v) is 9.48. The number of ether oxygens (including phenoxy) is 1. The van der Waals surface area contributed by atoms with E-state index in [0.717, 1.165) is 63.1 Å². The molecule has 1 saturated carbocycles. The van der Waals surface area contributed by atoms with Crippen molar-refractivity contribution in [2.75, 3.05) is 0 Å². The van der Waals surface area contributed by atoms with Gasteiger partial charge in [-0.25, -0.2) is 9.97 Å². The lowest BCUT2D eigenvalue weighted by Gasteiger charge is -2.23. The molecule has 0 atom stereocenters. The molecule has 1 aromatic carbocycles. The molecule has 1 aliphatic carbocycles. The number of benzene rings is 1. The van der Waals surface area contributed by atoms with E-state index in [9.17, 15) is 0 Å². The topological polar surface area (TPSA) is 105 Å². The maximum atomic E-state index is 6.26. The first-order valence-corrected chi connectivity index (χ1v) is 12.7. The molecule has 0 bridgehead atoms. The second kappa shape index (κ2) is 9.13. The smallest absolute Gasteiger partial charge is 0.160 e. The van der Waals surface area contributed by atoms with Crippen molar-refractivity contribution in [3.8, 4) is 39.7 Å². The van der Waals surface area contributed by atoms with Crippen LogP contribution in [0.25, 0.3) is 56.0 Å². The number of fused-ring (bicyclic) bond motifs is 2. The molecule has 182 valence electrons. The SMILES string of the molecule is c1ccc(-c2ccnc3[nH]c(-c4n[nH]c5ccc(-c6cncc(OC7CCCCC7)c6)cc45)nc23)nc1. The zero-order chi connectivity index (χ0) is 24.6. The van der Waals surface area contributed by atoms with Crippen LogP contribution in [0.2, 0.25) is 0 Å². The molecule has 37 heavy (non-hydrogen) atoms. The Morgan fingerprint density at radius 2 is 1.81 bits per heavy atom. The van der Waals surface area contributed by atoms with E-state index in [4.69, 9.17) is 9.72 Å². The van der Waals surface area contributed by atoms with Crippen molar-refractivity contribution in [3.63, 3.8) is 0 Å². The zero-order valence-corrected chi connectivity index (χ0v) is 20.2. The van der Waals surface area contributed by atoms with Crippen LogP contribution in [0.1, 0.15) is 32.1 Å². The van der Waals surface area contributed by atoms with Crippen LogP contribution in [0.3, 0.4) is 0 Å². The van der Waals surface area contributed by atoms with Crippen LogP contribution in [0.15, 0.2) is 73.3 Å². The van der Waals surface area contributed by atoms with Crippen molar-refractivity contribution in [1.82, 2.24) is 35.1 Å². The Morgan fingerprint density at radius 1 is 0.865 bits per heavy atom. The van der Waals surface area contributed by atoms with E-state index in [1.54, 1.807) is 18.6 Å². The van der Waals surface area contributed by atoms with E-state index in [-0.39, 0.29) is 6.10 Å². The Morgan fingerprint density at radius 3 is 2.70 bits per heavy atom. The first kappa shape index (κ1) is 21.7. The van der Waals surface area contributed by atoms with Crippen LogP contribution >= 0.6 is 0 Å². The number of aromatic amines is 2. The number of nitrogens with one attached hydrogen (secondary N) is 2. The minimum Gasteiger partial charge on any atom is -0.489 e. The van der Waals surface area contributed by atoms with Crippen LogP contribution in [0.5, 0.6) is 5.75 Å². The fourth-order valence-corrected chi connectivity index (χ4v) is 5.14. The Labute approximate surface area is 213 Å². The fraction of sp³-hybridized carbons (Fsp3) is 0.207. The van der Waals surface area contributed by atoms with Gasteiger partial charge in [0.1, 0.15) is 17.0 Å². The Hall–Kier alpha value is -4.59. The number of imidazole rings is 1. The summed E-state index contributed by atoms with van der Waals surface area (Å²) in [5.74, 6) is 1.48. The molecule has 0 unspecified atom stereocenters. The monoisotopic (exact) mass is 487 g/mol. The predicted octanol–water partition coefficient (Wildman–Crippen LogP) is 6.34. The number of hydrogen-bond acceptors (Lipinski definition) is 6. The summed E-state index contributed by atoms with van der Waals surface area (Å²) in [5.41, 5.74) is 6.96. The third-order valence-electron chi connectivity index (χ3n) is 7.01. The molecule has 1 fully saturated rings. The minimum absolute atomic E-state index is 0.284. The van der Waals surface area contributed by atoms with Crippen molar-refractivity contribution >= 4 is 22.1 Å². The highest BCUT2D eigenvalue weighted by Crippen LogP contribution is 2.33. The molecule has 0 aliphatic heterocycles. The lowest BCUT2D eigenvalue weighted by atomic mass is 9.98. The average Bonchev–Trinajstić information content (AvgIpc) is 3.58. The molecule has 2 N–H and O–H groups in total. The molecular weight excluding hydrogens is 462 g/mol. The highest BCUT2D eigenvalue weighted by atomic mass is 16.5. The number of hydrogen-bond donors (Lipinski definition) is 2. The Kier molecular flexibility index (Phi) is 5.35. The van der Waals surface area contributed by atoms with Gasteiger partial charge in [-0.05, 0) is 67.6 Å². The van der Waals surface area contributed by atoms with E-state index in [0.29, 0.717) is 11.5 Å². The van der Waals surface area contributed by atoms with Gasteiger partial charge in [-0.3, -0.25) is 15.1 Å². The molecule has 8 heteroatoms. The summed E-state index contributed by atoms with van der Waals surface area (Å²) in [4.78, 5) is 21.7. The van der Waals surface area contributed by atoms with E-state index < -0.39 is 0 Å². The summed E-state index contributed by atoms with van der Waals surface area (Å²) in [7, 11) is 0. The second-order valence-electron chi connectivity index (χ2n) is 9.48. The summed E-state index contributed by atoms with van der Waals surface area (Å²) in [6.07, 6.45) is 13.5. The Balaban J connectivity index is 1.26. The third kappa shape index (κ3) is 4.10. The zero-order valence-electron chi connectivity index (χ0n) is 20.2. The molecule has 1 aliphatic rings. The van der Waals surface area contributed by atoms with Gasteiger partial charge < -0.3 is 9.72 Å². The van der Waals surface area contributed by atoms with Crippen molar-refractivity contribution in [2.24, 2.45) is 0 Å². The van der Waals surface area contributed by atoms with Gasteiger partial charge in [-0.1, -0.05) is 18.6 Å². The number of nitrogens with zero attached hydrogens (tertiary/aromatic N) is 5. The van der Waals surface area contributed by atoms with Gasteiger partial charge in [-0.2, -0.15) is 5.10 Å². The van der Waals surface area contributed by atoms with Crippen molar-refractivity contribution in [1.29, 1.82) is 0 Å². The standard InChI is InChI=1S/C29H25N7O/c1-2-6-20(7-3-1)37-21-14-19(16-30-17-21)18-9-10-25-23(15-18)27(36-35-25)29-33-26-22(11-13-32-28(26)34-29)24-8-4-5-12-31-24/h4-5,8-17,20H,1-3,6-7H2,(H,35,36)(H,32,33,34). The van der Waals surface area contributed by atoms with Crippen LogP contribution in [-0.2, 0) is 0 Å². The quantitative estimate of drug-likeness (QED) is 0.294. The number of aromatic nitrogens is 7. The van der Waals surface area contributed by atoms with Gasteiger partial charge in [0, 0.05) is 35.1 Å². The maximum absolute atomic E-state index is 6.26. The predicted molar refractivity (Wildman–Crippen MR) is 143 cm³/mol. The third-order valence-corrected chi connectivity index (χ3v) is 7.01. The van der Waals surface area contributed by atoms with Crippen molar-refractivity contribution in [3.05, 3.63) is 73.3 Å². The van der Waals surface area contributed by atoms with Gasteiger partial charge in [0.2, 0.25) is 0 Å². The van der Waals surface area contributed by atoms with Gasteiger partial charge in [-0.15, -0.1) is 0 Å². The van der Waals surface area contributed by atoms with Gasteiger partial charge in [0.25, 0.3) is 0 Å². The molecule has 0 saturated heterocycles. The summed E-state index contributed by atoms with van der Waals surface area (Å²) in [6, 6.07) is 16.1. The first-order valence-electron chi connectivity index (χ1n) is 12.7. The van der Waals surface area contributed by atoms with Crippen LogP contribution in [0, 0.1) is 0 Å². The highest BCUT2D eigenvalue weighted by molar-refractivity contribution is 5.97. The fourth-order valence-electron chi connectivity index (χ4n) is 5.14. The molecule has 0 amide bonds.